The lowest BCUT2D eigenvalue weighted by Gasteiger charge is -2.21. The van der Waals surface area contributed by atoms with Crippen molar-refractivity contribution in [2.45, 2.75) is 39.2 Å². The number of halogens is 1. The van der Waals surface area contributed by atoms with Crippen LogP contribution in [0.2, 0.25) is 0 Å². The molecule has 1 N–H and O–H groups in total. The number of guanidine groups is 1. The molecule has 0 atom stereocenters. The molecule has 5 nitrogen and oxygen atoms in total. The van der Waals surface area contributed by atoms with Crippen molar-refractivity contribution in [2.24, 2.45) is 4.99 Å². The molecule has 2 aliphatic heterocycles. The van der Waals surface area contributed by atoms with Crippen molar-refractivity contribution in [3.05, 3.63) is 23.9 Å². The van der Waals surface area contributed by atoms with E-state index in [1.807, 2.05) is 6.20 Å². The van der Waals surface area contributed by atoms with Crippen LogP contribution in [0.1, 0.15) is 38.2 Å². The second-order valence-electron chi connectivity index (χ2n) is 6.08. The minimum absolute atomic E-state index is 0. The summed E-state index contributed by atoms with van der Waals surface area (Å²) in [6.45, 7) is 8.30. The summed E-state index contributed by atoms with van der Waals surface area (Å²) in [5.41, 5.74) is 1.24. The van der Waals surface area contributed by atoms with Crippen molar-refractivity contribution in [2.75, 3.05) is 37.6 Å². The summed E-state index contributed by atoms with van der Waals surface area (Å²) in [7, 11) is 0. The van der Waals surface area contributed by atoms with Crippen LogP contribution in [-0.2, 0) is 6.54 Å². The maximum atomic E-state index is 4.82. The lowest BCUT2D eigenvalue weighted by molar-refractivity contribution is 0.493. The Morgan fingerprint density at radius 2 is 1.87 bits per heavy atom. The lowest BCUT2D eigenvalue weighted by Crippen LogP contribution is -2.39. The second kappa shape index (κ2) is 9.30. The number of likely N-dealkylation sites (tertiary alicyclic amines) is 1. The van der Waals surface area contributed by atoms with E-state index in [4.69, 9.17) is 4.99 Å². The maximum Gasteiger partial charge on any atom is 0.194 e. The van der Waals surface area contributed by atoms with Crippen LogP contribution in [0.5, 0.6) is 0 Å². The zero-order valence-corrected chi connectivity index (χ0v) is 16.3. The zero-order chi connectivity index (χ0) is 15.2. The van der Waals surface area contributed by atoms with Gasteiger partial charge in [0.25, 0.3) is 0 Å². The van der Waals surface area contributed by atoms with Gasteiger partial charge >= 0.3 is 0 Å². The molecule has 0 unspecified atom stereocenters. The van der Waals surface area contributed by atoms with Gasteiger partial charge in [0.05, 0.1) is 6.54 Å². The predicted octanol–water partition coefficient (Wildman–Crippen LogP) is 2.86. The van der Waals surface area contributed by atoms with Gasteiger partial charge in [-0.15, -0.1) is 24.0 Å². The third-order valence-corrected chi connectivity index (χ3v) is 4.39. The van der Waals surface area contributed by atoms with E-state index in [1.165, 1.54) is 31.2 Å². The predicted molar refractivity (Wildman–Crippen MR) is 107 cm³/mol. The number of hydrogen-bond acceptors (Lipinski definition) is 3. The van der Waals surface area contributed by atoms with Crippen LogP contribution in [0.4, 0.5) is 5.82 Å². The fourth-order valence-electron chi connectivity index (χ4n) is 3.20. The van der Waals surface area contributed by atoms with E-state index < -0.39 is 0 Å². The number of hydrogen-bond donors (Lipinski definition) is 1. The Kier molecular flexibility index (Phi) is 7.39. The molecule has 0 bridgehead atoms. The molecule has 0 aliphatic carbocycles. The monoisotopic (exact) mass is 429 g/mol. The van der Waals surface area contributed by atoms with Crippen LogP contribution in [0, 0.1) is 0 Å². The van der Waals surface area contributed by atoms with Gasteiger partial charge in [0, 0.05) is 38.9 Å². The molecular weight excluding hydrogens is 401 g/mol. The first-order valence-electron chi connectivity index (χ1n) is 8.60. The zero-order valence-electron chi connectivity index (χ0n) is 14.0. The molecule has 2 saturated heterocycles. The first kappa shape index (κ1) is 18.3. The Balaban J connectivity index is 0.00000192. The fourth-order valence-corrected chi connectivity index (χ4v) is 3.20. The molecule has 2 fully saturated rings. The topological polar surface area (TPSA) is 43.8 Å². The van der Waals surface area contributed by atoms with E-state index in [9.17, 15) is 0 Å². The molecule has 128 valence electrons. The van der Waals surface area contributed by atoms with Crippen LogP contribution in [0.15, 0.2) is 23.3 Å². The number of rotatable bonds is 4. The fraction of sp³-hybridized carbons (Fsp3) is 0.647. The van der Waals surface area contributed by atoms with Gasteiger partial charge in [0.2, 0.25) is 0 Å². The Morgan fingerprint density at radius 1 is 1.17 bits per heavy atom. The highest BCUT2D eigenvalue weighted by Crippen LogP contribution is 2.19. The van der Waals surface area contributed by atoms with Crippen LogP contribution in [0.3, 0.4) is 0 Å². The van der Waals surface area contributed by atoms with Gasteiger partial charge in [-0.25, -0.2) is 9.98 Å². The molecule has 0 saturated carbocycles. The van der Waals surface area contributed by atoms with E-state index in [2.05, 4.69) is 39.2 Å². The van der Waals surface area contributed by atoms with Gasteiger partial charge < -0.3 is 15.1 Å². The molecule has 3 rings (SSSR count). The quantitative estimate of drug-likeness (QED) is 0.454. The van der Waals surface area contributed by atoms with Gasteiger partial charge in [-0.05, 0) is 50.3 Å². The van der Waals surface area contributed by atoms with Crippen LogP contribution < -0.4 is 10.2 Å². The molecular formula is C17H28IN5. The van der Waals surface area contributed by atoms with Crippen molar-refractivity contribution in [1.82, 2.24) is 15.2 Å². The molecule has 3 heterocycles. The Hall–Kier alpha value is -1.05. The SMILES string of the molecule is CCNC(=NCc1ccnc(N2CCCC2)c1)N1CCCC1.I. The molecule has 1 aromatic rings. The Labute approximate surface area is 156 Å². The van der Waals surface area contributed by atoms with Crippen molar-refractivity contribution in [3.63, 3.8) is 0 Å². The molecule has 6 heteroatoms. The van der Waals surface area contributed by atoms with E-state index in [0.717, 1.165) is 51.0 Å². The largest absolute Gasteiger partial charge is 0.357 e. The van der Waals surface area contributed by atoms with Crippen molar-refractivity contribution in [1.29, 1.82) is 0 Å². The minimum atomic E-state index is 0. The molecule has 0 radical (unpaired) electrons. The first-order valence-corrected chi connectivity index (χ1v) is 8.60. The summed E-state index contributed by atoms with van der Waals surface area (Å²) >= 11 is 0. The van der Waals surface area contributed by atoms with E-state index in [1.54, 1.807) is 0 Å². The third-order valence-electron chi connectivity index (χ3n) is 4.39. The van der Waals surface area contributed by atoms with Gasteiger partial charge in [-0.2, -0.15) is 0 Å². The summed E-state index contributed by atoms with van der Waals surface area (Å²) in [5.74, 6) is 2.16. The first-order chi connectivity index (χ1) is 10.9. The van der Waals surface area contributed by atoms with Gasteiger partial charge in [-0.1, -0.05) is 0 Å². The number of aliphatic imine (C=N–C) groups is 1. The number of pyridine rings is 1. The van der Waals surface area contributed by atoms with Crippen molar-refractivity contribution >= 4 is 35.8 Å². The number of nitrogens with zero attached hydrogens (tertiary/aromatic N) is 4. The van der Waals surface area contributed by atoms with Gasteiger partial charge in [-0.3, -0.25) is 0 Å². The van der Waals surface area contributed by atoms with Crippen molar-refractivity contribution in [3.8, 4) is 0 Å². The molecule has 0 aromatic carbocycles. The average Bonchev–Trinajstić information content (AvgIpc) is 3.24. The van der Waals surface area contributed by atoms with Crippen LogP contribution in [-0.4, -0.2) is 48.6 Å². The number of anilines is 1. The Bertz CT molecular complexity index is 507. The summed E-state index contributed by atoms with van der Waals surface area (Å²) in [5, 5.41) is 3.41. The summed E-state index contributed by atoms with van der Waals surface area (Å²) in [6.07, 6.45) is 7.03. The summed E-state index contributed by atoms with van der Waals surface area (Å²) < 4.78 is 0. The summed E-state index contributed by atoms with van der Waals surface area (Å²) in [6, 6.07) is 4.28. The number of aromatic nitrogens is 1. The van der Waals surface area contributed by atoms with Crippen molar-refractivity contribution < 1.29 is 0 Å². The molecule has 0 spiro atoms. The van der Waals surface area contributed by atoms with E-state index in [0.29, 0.717) is 0 Å². The lowest BCUT2D eigenvalue weighted by atomic mass is 10.2. The molecule has 0 amide bonds. The average molecular weight is 429 g/mol. The number of nitrogens with one attached hydrogen (secondary N) is 1. The standard InChI is InChI=1S/C17H27N5.HI/c1-2-18-17(22-11-5-6-12-22)20-14-15-7-8-19-16(13-15)21-9-3-4-10-21;/h7-8,13H,2-6,9-12,14H2,1H3,(H,18,20);1H. The molecule has 2 aliphatic rings. The highest BCUT2D eigenvalue weighted by Gasteiger charge is 2.16. The minimum Gasteiger partial charge on any atom is -0.357 e. The normalized spacial score (nSPS) is 18.2. The van der Waals surface area contributed by atoms with Gasteiger partial charge in [0.15, 0.2) is 5.96 Å². The summed E-state index contributed by atoms with van der Waals surface area (Å²) in [4.78, 5) is 14.1. The van der Waals surface area contributed by atoms with E-state index in [-0.39, 0.29) is 24.0 Å². The van der Waals surface area contributed by atoms with Gasteiger partial charge in [0.1, 0.15) is 5.82 Å². The maximum absolute atomic E-state index is 4.82. The molecule has 23 heavy (non-hydrogen) atoms. The Morgan fingerprint density at radius 3 is 2.57 bits per heavy atom. The van der Waals surface area contributed by atoms with E-state index >= 15 is 0 Å². The van der Waals surface area contributed by atoms with Crippen LogP contribution in [0.25, 0.3) is 0 Å². The van der Waals surface area contributed by atoms with Crippen LogP contribution >= 0.6 is 24.0 Å². The highest BCUT2D eigenvalue weighted by atomic mass is 127. The third kappa shape index (κ3) is 4.96. The smallest absolute Gasteiger partial charge is 0.194 e. The molecule has 1 aromatic heterocycles. The second-order valence-corrected chi connectivity index (χ2v) is 6.08. The highest BCUT2D eigenvalue weighted by molar-refractivity contribution is 14.0.